The predicted molar refractivity (Wildman–Crippen MR) is 124 cm³/mol. The van der Waals surface area contributed by atoms with Gasteiger partial charge in [0.05, 0.1) is 30.3 Å². The molecule has 0 atom stereocenters. The smallest absolute Gasteiger partial charge is 0.319 e. The van der Waals surface area contributed by atoms with Crippen LogP contribution in [0.4, 0.5) is 14.6 Å². The minimum Gasteiger partial charge on any atom is -0.462 e. The summed E-state index contributed by atoms with van der Waals surface area (Å²) in [7, 11) is 0. The fourth-order valence-electron chi connectivity index (χ4n) is 4.78. The third-order valence-corrected chi connectivity index (χ3v) is 7.18. The molecule has 6 rings (SSSR count). The summed E-state index contributed by atoms with van der Waals surface area (Å²) >= 11 is 0. The highest BCUT2D eigenvalue weighted by Crippen LogP contribution is 2.45. The number of aromatic amines is 1. The van der Waals surface area contributed by atoms with Crippen molar-refractivity contribution in [3.05, 3.63) is 35.8 Å². The summed E-state index contributed by atoms with van der Waals surface area (Å²) in [5.41, 5.74) is 1.23. The number of fused-ring (bicyclic) bond motifs is 1. The second-order valence-electron chi connectivity index (χ2n) is 9.86. The summed E-state index contributed by atoms with van der Waals surface area (Å²) in [5, 5.41) is 17.8. The van der Waals surface area contributed by atoms with E-state index >= 15 is 0 Å². The van der Waals surface area contributed by atoms with Gasteiger partial charge in [0.1, 0.15) is 18.1 Å². The van der Waals surface area contributed by atoms with E-state index in [2.05, 4.69) is 31.2 Å². The van der Waals surface area contributed by atoms with Crippen LogP contribution in [0.2, 0.25) is 0 Å². The van der Waals surface area contributed by atoms with Gasteiger partial charge in [-0.25, -0.2) is 13.8 Å². The van der Waals surface area contributed by atoms with E-state index in [0.717, 1.165) is 47.3 Å². The van der Waals surface area contributed by atoms with Gasteiger partial charge in [-0.2, -0.15) is 20.3 Å². The molecule has 1 amide bonds. The van der Waals surface area contributed by atoms with Crippen molar-refractivity contribution in [3.8, 4) is 12.1 Å². The number of nitrogens with one attached hydrogen (secondary N) is 1. The molecule has 5 heterocycles. The van der Waals surface area contributed by atoms with Crippen LogP contribution in [0.5, 0.6) is 6.01 Å². The van der Waals surface area contributed by atoms with Gasteiger partial charge in [0.2, 0.25) is 0 Å². The van der Waals surface area contributed by atoms with Crippen LogP contribution in [0.15, 0.2) is 24.4 Å². The molecule has 0 unspecified atom stereocenters. The van der Waals surface area contributed by atoms with Crippen LogP contribution in [0.3, 0.4) is 0 Å². The Morgan fingerprint density at radius 3 is 2.72 bits per heavy atom. The highest BCUT2D eigenvalue weighted by atomic mass is 19.3. The Hall–Kier alpha value is -3.88. The number of hydrogen-bond acceptors (Lipinski definition) is 8. The van der Waals surface area contributed by atoms with Crippen molar-refractivity contribution < 1.29 is 18.3 Å². The number of amides is 1. The zero-order valence-corrected chi connectivity index (χ0v) is 19.5. The van der Waals surface area contributed by atoms with E-state index in [0.29, 0.717) is 18.9 Å². The first-order valence-electron chi connectivity index (χ1n) is 12.0. The van der Waals surface area contributed by atoms with Crippen molar-refractivity contribution in [2.75, 3.05) is 37.7 Å². The number of rotatable bonds is 6. The Labute approximate surface area is 205 Å². The molecular formula is C24H24F2N8O2. The Bertz CT molecular complexity index is 1350. The lowest BCUT2D eigenvalue weighted by Crippen LogP contribution is -2.58. The molecule has 3 fully saturated rings. The van der Waals surface area contributed by atoms with Crippen molar-refractivity contribution >= 4 is 22.8 Å². The number of alkyl halides is 2. The molecule has 12 heteroatoms. The lowest BCUT2D eigenvalue weighted by atomic mass is 9.92. The molecule has 36 heavy (non-hydrogen) atoms. The summed E-state index contributed by atoms with van der Waals surface area (Å²) in [4.78, 5) is 29.0. The normalized spacial score (nSPS) is 20.6. The molecule has 3 aromatic rings. The summed E-state index contributed by atoms with van der Waals surface area (Å²) in [6.07, 6.45) is 4.83. The zero-order chi connectivity index (χ0) is 24.9. The average Bonchev–Trinajstić information content (AvgIpc) is 3.55. The van der Waals surface area contributed by atoms with Crippen LogP contribution in [0.25, 0.3) is 11.0 Å². The second kappa shape index (κ2) is 8.36. The number of nitriles is 1. The number of nitrogens with zero attached hydrogens (tertiary/aromatic N) is 7. The summed E-state index contributed by atoms with van der Waals surface area (Å²) < 4.78 is 32.5. The zero-order valence-electron chi connectivity index (χ0n) is 19.5. The Balaban J connectivity index is 1.21. The maximum atomic E-state index is 13.4. The fourth-order valence-corrected chi connectivity index (χ4v) is 4.78. The van der Waals surface area contributed by atoms with E-state index in [1.54, 1.807) is 6.20 Å². The maximum Gasteiger partial charge on any atom is 0.319 e. The third kappa shape index (κ3) is 4.19. The molecule has 0 spiro atoms. The summed E-state index contributed by atoms with van der Waals surface area (Å²) in [5.74, 6) is -2.71. The van der Waals surface area contributed by atoms with Crippen LogP contribution in [-0.4, -0.2) is 74.7 Å². The minimum atomic E-state index is -2.87. The van der Waals surface area contributed by atoms with Crippen molar-refractivity contribution in [3.63, 3.8) is 0 Å². The van der Waals surface area contributed by atoms with Gasteiger partial charge in [-0.3, -0.25) is 9.89 Å². The van der Waals surface area contributed by atoms with Gasteiger partial charge in [0, 0.05) is 36.7 Å². The topological polar surface area (TPSA) is 124 Å². The molecule has 10 nitrogen and oxygen atoms in total. The number of hydrogen-bond donors (Lipinski definition) is 1. The van der Waals surface area contributed by atoms with E-state index in [9.17, 15) is 18.8 Å². The first kappa shape index (κ1) is 22.6. The van der Waals surface area contributed by atoms with E-state index < -0.39 is 30.3 Å². The Morgan fingerprint density at radius 2 is 2.03 bits per heavy atom. The molecule has 0 aromatic carbocycles. The molecule has 1 saturated carbocycles. The molecule has 2 aliphatic heterocycles. The fraction of sp³-hybridized carbons (Fsp3) is 0.500. The monoisotopic (exact) mass is 494 g/mol. The SMILES string of the molecule is N#CC1(COc2nc(C(=O)N3CC(F)(F)C3)cc(N3CCC(c4n[nH]c5ncccc45)CC3)n2)CC1. The third-order valence-electron chi connectivity index (χ3n) is 7.18. The number of H-pyrrole nitrogens is 1. The number of piperidine rings is 1. The maximum absolute atomic E-state index is 13.4. The van der Waals surface area contributed by atoms with Crippen LogP contribution in [0, 0.1) is 16.7 Å². The van der Waals surface area contributed by atoms with Crippen molar-refractivity contribution in [2.45, 2.75) is 37.5 Å². The van der Waals surface area contributed by atoms with Gasteiger partial charge in [-0.1, -0.05) is 0 Å². The highest BCUT2D eigenvalue weighted by Gasteiger charge is 2.47. The van der Waals surface area contributed by atoms with Gasteiger partial charge in [-0.05, 0) is 37.8 Å². The first-order valence-corrected chi connectivity index (χ1v) is 12.0. The molecule has 3 aromatic heterocycles. The van der Waals surface area contributed by atoms with Gasteiger partial charge in [-0.15, -0.1) is 0 Å². The number of likely N-dealkylation sites (tertiary alicyclic amines) is 1. The van der Waals surface area contributed by atoms with E-state index in [1.165, 1.54) is 6.07 Å². The molecule has 1 N–H and O–H groups in total. The van der Waals surface area contributed by atoms with E-state index in [1.807, 2.05) is 17.0 Å². The lowest BCUT2D eigenvalue weighted by molar-refractivity contribution is -0.113. The van der Waals surface area contributed by atoms with Gasteiger partial charge < -0.3 is 14.5 Å². The molecule has 0 radical (unpaired) electrons. The number of pyridine rings is 1. The van der Waals surface area contributed by atoms with E-state index in [-0.39, 0.29) is 24.2 Å². The Morgan fingerprint density at radius 1 is 1.25 bits per heavy atom. The quantitative estimate of drug-likeness (QED) is 0.555. The van der Waals surface area contributed by atoms with Gasteiger partial charge in [0.15, 0.2) is 5.65 Å². The van der Waals surface area contributed by atoms with Crippen LogP contribution >= 0.6 is 0 Å². The standard InChI is InChI=1S/C24H24F2N8O2/c25-24(26)12-34(13-24)21(35)17-10-18(30-22(29-17)36-14-23(11-27)5-6-23)33-8-3-15(4-9-33)19-16-2-1-7-28-20(16)32-31-19/h1-2,7,10,15H,3-6,8-9,12-14H2,(H,28,31,32). The molecule has 186 valence electrons. The predicted octanol–water partition coefficient (Wildman–Crippen LogP) is 2.91. The molecule has 0 bridgehead atoms. The van der Waals surface area contributed by atoms with Crippen molar-refractivity contribution in [2.24, 2.45) is 5.41 Å². The van der Waals surface area contributed by atoms with Crippen LogP contribution in [-0.2, 0) is 0 Å². The molecular weight excluding hydrogens is 470 g/mol. The number of halogens is 2. The first-order chi connectivity index (χ1) is 17.3. The van der Waals surface area contributed by atoms with Crippen molar-refractivity contribution in [1.82, 2.24) is 30.0 Å². The van der Waals surface area contributed by atoms with Crippen molar-refractivity contribution in [1.29, 1.82) is 5.26 Å². The number of carbonyl (C=O) groups excluding carboxylic acids is 1. The number of aromatic nitrogens is 5. The molecule has 2 saturated heterocycles. The Kier molecular flexibility index (Phi) is 5.24. The van der Waals surface area contributed by atoms with Gasteiger partial charge >= 0.3 is 6.01 Å². The summed E-state index contributed by atoms with van der Waals surface area (Å²) in [6, 6.07) is 7.67. The lowest BCUT2D eigenvalue weighted by Gasteiger charge is -2.38. The number of carbonyl (C=O) groups is 1. The van der Waals surface area contributed by atoms with E-state index in [4.69, 9.17) is 4.74 Å². The minimum absolute atomic E-state index is 0.0128. The molecule has 1 aliphatic carbocycles. The van der Waals surface area contributed by atoms with Gasteiger partial charge in [0.25, 0.3) is 11.8 Å². The number of anilines is 1. The second-order valence-corrected chi connectivity index (χ2v) is 9.86. The van der Waals surface area contributed by atoms with Crippen LogP contribution < -0.4 is 9.64 Å². The largest absolute Gasteiger partial charge is 0.462 e. The summed E-state index contributed by atoms with van der Waals surface area (Å²) in [6.45, 7) is 0.193. The van der Waals surface area contributed by atoms with Crippen LogP contribution in [0.1, 0.15) is 47.8 Å². The average molecular weight is 495 g/mol. The number of ether oxygens (including phenoxy) is 1. The molecule has 3 aliphatic rings. The highest BCUT2D eigenvalue weighted by molar-refractivity contribution is 5.93.